The Kier molecular flexibility index (Phi) is 7.05. The normalized spacial score (nSPS) is 10.1. The second-order valence-corrected chi connectivity index (χ2v) is 5.69. The number of nitrogens with zero attached hydrogens (tertiary/aromatic N) is 1. The van der Waals surface area contributed by atoms with Crippen LogP contribution in [-0.2, 0) is 0 Å². The second kappa shape index (κ2) is 9.47. The Morgan fingerprint density at radius 3 is 2.07 bits per heavy atom. The lowest BCUT2D eigenvalue weighted by Gasteiger charge is -2.21. The van der Waals surface area contributed by atoms with Crippen molar-refractivity contribution in [1.29, 1.82) is 0 Å². The smallest absolute Gasteiger partial charge is 0.273 e. The van der Waals surface area contributed by atoms with Gasteiger partial charge < -0.3 is 14.4 Å². The van der Waals surface area contributed by atoms with Crippen molar-refractivity contribution in [3.63, 3.8) is 0 Å². The van der Waals surface area contributed by atoms with Crippen LogP contribution >= 0.6 is 0 Å². The van der Waals surface area contributed by atoms with Gasteiger partial charge in [-0.3, -0.25) is 20.4 Å². The lowest BCUT2D eigenvalue weighted by molar-refractivity contribution is 0.0844. The fourth-order valence-electron chi connectivity index (χ4n) is 2.66. The first kappa shape index (κ1) is 20.1. The summed E-state index contributed by atoms with van der Waals surface area (Å²) in [6.07, 6.45) is 0. The van der Waals surface area contributed by atoms with E-state index in [0.29, 0.717) is 17.1 Å². The lowest BCUT2D eigenvalue weighted by atomic mass is 10.1. The molecule has 0 aliphatic rings. The highest BCUT2D eigenvalue weighted by Crippen LogP contribution is 2.23. The molecule has 27 heavy (non-hydrogen) atoms. The molecule has 2 aromatic rings. The molecule has 144 valence electrons. The van der Waals surface area contributed by atoms with Gasteiger partial charge in [0.2, 0.25) is 0 Å². The minimum absolute atomic E-state index is 0.258. The summed E-state index contributed by atoms with van der Waals surface area (Å²) in [5.74, 6) is -0.0134. The number of hydrogen-bond acceptors (Lipinski definition) is 5. The third-order valence-corrected chi connectivity index (χ3v) is 4.20. The first-order valence-electron chi connectivity index (χ1n) is 8.71. The van der Waals surface area contributed by atoms with Gasteiger partial charge in [0.1, 0.15) is 11.5 Å². The zero-order valence-electron chi connectivity index (χ0n) is 16.0. The molecule has 0 fully saturated rings. The van der Waals surface area contributed by atoms with Crippen LogP contribution < -0.4 is 25.2 Å². The van der Waals surface area contributed by atoms with E-state index in [9.17, 15) is 9.59 Å². The van der Waals surface area contributed by atoms with E-state index in [4.69, 9.17) is 9.47 Å². The molecular formula is C20H25N3O4. The summed E-state index contributed by atoms with van der Waals surface area (Å²) in [4.78, 5) is 26.8. The topological polar surface area (TPSA) is 79.9 Å². The highest BCUT2D eigenvalue weighted by Gasteiger charge is 2.15. The van der Waals surface area contributed by atoms with Crippen LogP contribution in [0.2, 0.25) is 0 Å². The highest BCUT2D eigenvalue weighted by atomic mass is 16.5. The monoisotopic (exact) mass is 371 g/mol. The number of carbonyl (C=O) groups is 2. The summed E-state index contributed by atoms with van der Waals surface area (Å²) in [5.41, 5.74) is 6.56. The second-order valence-electron chi connectivity index (χ2n) is 5.69. The van der Waals surface area contributed by atoms with E-state index in [2.05, 4.69) is 29.6 Å². The molecule has 0 aliphatic heterocycles. The van der Waals surface area contributed by atoms with Crippen molar-refractivity contribution in [2.75, 3.05) is 32.2 Å². The molecule has 2 rings (SSSR count). The van der Waals surface area contributed by atoms with Crippen molar-refractivity contribution >= 4 is 17.5 Å². The van der Waals surface area contributed by atoms with Gasteiger partial charge in [0.05, 0.1) is 19.8 Å². The number of anilines is 1. The average molecular weight is 371 g/mol. The Morgan fingerprint density at radius 2 is 1.52 bits per heavy atom. The summed E-state index contributed by atoms with van der Waals surface area (Å²) in [7, 11) is 2.97. The van der Waals surface area contributed by atoms with Crippen molar-refractivity contribution in [1.82, 2.24) is 10.9 Å². The van der Waals surface area contributed by atoms with Crippen LogP contribution in [0, 0.1) is 0 Å². The number of hydrogen-bond donors (Lipinski definition) is 2. The quantitative estimate of drug-likeness (QED) is 0.732. The number of amides is 2. The predicted molar refractivity (Wildman–Crippen MR) is 104 cm³/mol. The fraction of sp³-hybridized carbons (Fsp3) is 0.300. The lowest BCUT2D eigenvalue weighted by Crippen LogP contribution is -2.41. The van der Waals surface area contributed by atoms with Crippen molar-refractivity contribution < 1.29 is 19.1 Å². The maximum Gasteiger partial charge on any atom is 0.273 e. The Bertz CT molecular complexity index is 786. The predicted octanol–water partition coefficient (Wildman–Crippen LogP) is 2.62. The van der Waals surface area contributed by atoms with E-state index >= 15 is 0 Å². The molecule has 0 aromatic heterocycles. The molecule has 0 bridgehead atoms. The molecule has 0 saturated carbocycles. The van der Waals surface area contributed by atoms with E-state index in [0.717, 1.165) is 18.8 Å². The molecule has 0 heterocycles. The van der Waals surface area contributed by atoms with Gasteiger partial charge in [-0.25, -0.2) is 0 Å². The van der Waals surface area contributed by atoms with Gasteiger partial charge in [0.25, 0.3) is 11.8 Å². The SMILES string of the molecule is CCN(CC)c1ccc(C(=O)NNC(=O)c2cc(OC)ccc2OC)cc1. The molecule has 0 radical (unpaired) electrons. The molecule has 2 N–H and O–H groups in total. The summed E-state index contributed by atoms with van der Waals surface area (Å²) < 4.78 is 10.3. The molecule has 7 nitrogen and oxygen atoms in total. The number of carbonyl (C=O) groups excluding carboxylic acids is 2. The van der Waals surface area contributed by atoms with Crippen LogP contribution in [0.1, 0.15) is 34.6 Å². The molecule has 2 aromatic carbocycles. The van der Waals surface area contributed by atoms with Crippen LogP contribution in [0.25, 0.3) is 0 Å². The molecular weight excluding hydrogens is 346 g/mol. The summed E-state index contributed by atoms with van der Waals surface area (Å²) in [6, 6.07) is 12.1. The Morgan fingerprint density at radius 1 is 0.889 bits per heavy atom. The van der Waals surface area contributed by atoms with E-state index in [1.165, 1.54) is 14.2 Å². The fourth-order valence-corrected chi connectivity index (χ4v) is 2.66. The maximum atomic E-state index is 12.4. The van der Waals surface area contributed by atoms with E-state index in [-0.39, 0.29) is 5.56 Å². The van der Waals surface area contributed by atoms with Crippen LogP contribution in [0.15, 0.2) is 42.5 Å². The van der Waals surface area contributed by atoms with Crippen molar-refractivity contribution in [2.24, 2.45) is 0 Å². The molecule has 0 spiro atoms. The van der Waals surface area contributed by atoms with Gasteiger partial charge in [0.15, 0.2) is 0 Å². The number of hydrazine groups is 1. The highest BCUT2D eigenvalue weighted by molar-refractivity contribution is 6.00. The van der Waals surface area contributed by atoms with E-state index < -0.39 is 11.8 Å². The minimum Gasteiger partial charge on any atom is -0.497 e. The minimum atomic E-state index is -0.501. The third-order valence-electron chi connectivity index (χ3n) is 4.20. The van der Waals surface area contributed by atoms with Crippen LogP contribution in [0.4, 0.5) is 5.69 Å². The summed E-state index contributed by atoms with van der Waals surface area (Å²) in [5, 5.41) is 0. The summed E-state index contributed by atoms with van der Waals surface area (Å²) in [6.45, 7) is 5.93. The summed E-state index contributed by atoms with van der Waals surface area (Å²) >= 11 is 0. The van der Waals surface area contributed by atoms with E-state index in [1.54, 1.807) is 30.3 Å². The zero-order valence-corrected chi connectivity index (χ0v) is 16.0. The van der Waals surface area contributed by atoms with Crippen molar-refractivity contribution in [2.45, 2.75) is 13.8 Å². The average Bonchev–Trinajstić information content (AvgIpc) is 2.72. The van der Waals surface area contributed by atoms with Crippen LogP contribution in [0.3, 0.4) is 0 Å². The van der Waals surface area contributed by atoms with Gasteiger partial charge in [-0.05, 0) is 56.3 Å². The van der Waals surface area contributed by atoms with Crippen molar-refractivity contribution in [3.8, 4) is 11.5 Å². The van der Waals surface area contributed by atoms with Gasteiger partial charge >= 0.3 is 0 Å². The Hall–Kier alpha value is -3.22. The van der Waals surface area contributed by atoms with Crippen LogP contribution in [-0.4, -0.2) is 39.1 Å². The number of benzene rings is 2. The molecule has 0 unspecified atom stereocenters. The number of ether oxygens (including phenoxy) is 2. The number of rotatable bonds is 7. The Labute approximate surface area is 159 Å². The molecule has 0 aliphatic carbocycles. The van der Waals surface area contributed by atoms with Gasteiger partial charge in [-0.15, -0.1) is 0 Å². The van der Waals surface area contributed by atoms with Gasteiger partial charge in [-0.2, -0.15) is 0 Å². The molecule has 2 amide bonds. The molecule has 0 atom stereocenters. The van der Waals surface area contributed by atoms with Crippen LogP contribution in [0.5, 0.6) is 11.5 Å². The first-order chi connectivity index (χ1) is 13.0. The first-order valence-corrected chi connectivity index (χ1v) is 8.71. The Balaban J connectivity index is 2.04. The van der Waals surface area contributed by atoms with E-state index in [1.807, 2.05) is 12.1 Å². The molecule has 0 saturated heterocycles. The maximum absolute atomic E-state index is 12.4. The standard InChI is InChI=1S/C20H25N3O4/c1-5-23(6-2)15-9-7-14(8-10-15)19(24)21-22-20(25)17-13-16(26-3)11-12-18(17)27-4/h7-13H,5-6H2,1-4H3,(H,21,24)(H,22,25). The largest absolute Gasteiger partial charge is 0.497 e. The van der Waals surface area contributed by atoms with Crippen molar-refractivity contribution in [3.05, 3.63) is 53.6 Å². The number of methoxy groups -OCH3 is 2. The number of nitrogens with one attached hydrogen (secondary N) is 2. The van der Waals surface area contributed by atoms with Gasteiger partial charge in [0, 0.05) is 24.3 Å². The van der Waals surface area contributed by atoms with Gasteiger partial charge in [-0.1, -0.05) is 0 Å². The molecule has 7 heteroatoms. The third kappa shape index (κ3) is 4.91. The zero-order chi connectivity index (χ0) is 19.8.